The Bertz CT molecular complexity index is 586. The van der Waals surface area contributed by atoms with Gasteiger partial charge in [0.25, 0.3) is 0 Å². The Morgan fingerprint density at radius 2 is 1.92 bits per heavy atom. The van der Waals surface area contributed by atoms with Crippen molar-refractivity contribution in [2.45, 2.75) is 50.9 Å². The third-order valence-corrected chi connectivity index (χ3v) is 4.64. The van der Waals surface area contributed by atoms with Crippen molar-refractivity contribution < 1.29 is 19.6 Å². The third-order valence-electron chi connectivity index (χ3n) is 4.64. The minimum Gasteiger partial charge on any atom is -0.427 e. The molecular weight excluding hydrogens is 354 g/mol. The van der Waals surface area contributed by atoms with Crippen molar-refractivity contribution in [3.05, 3.63) is 35.9 Å². The van der Waals surface area contributed by atoms with Gasteiger partial charge in [-0.25, -0.2) is 0 Å². The molecule has 1 heterocycles. The first kappa shape index (κ1) is 22.6. The van der Waals surface area contributed by atoms with Crippen LogP contribution in [0.3, 0.4) is 0 Å². The number of amides is 2. The summed E-state index contributed by atoms with van der Waals surface area (Å²) < 4.78 is 0. The molecule has 0 aromatic heterocycles. The SMILES string of the molecule is CC(C)C[C@H](CC(=O)NC(=O)[C@H]1NCC[C@H]1c1ccccc1)B(O)O.Cl. The molecule has 1 aliphatic rings. The molecule has 0 bridgehead atoms. The average molecular weight is 383 g/mol. The van der Waals surface area contributed by atoms with Crippen LogP contribution in [-0.2, 0) is 9.59 Å². The molecule has 0 spiro atoms. The first-order valence-electron chi connectivity index (χ1n) is 8.86. The molecule has 1 aliphatic heterocycles. The zero-order valence-corrected chi connectivity index (χ0v) is 16.0. The van der Waals surface area contributed by atoms with Crippen molar-refractivity contribution in [2.24, 2.45) is 5.92 Å². The van der Waals surface area contributed by atoms with E-state index in [9.17, 15) is 19.6 Å². The summed E-state index contributed by atoms with van der Waals surface area (Å²) >= 11 is 0. The van der Waals surface area contributed by atoms with Crippen LogP contribution in [0.5, 0.6) is 0 Å². The molecule has 6 nitrogen and oxygen atoms in total. The lowest BCUT2D eigenvalue weighted by Crippen LogP contribution is -2.46. The number of rotatable bonds is 7. The van der Waals surface area contributed by atoms with Crippen molar-refractivity contribution in [1.82, 2.24) is 10.6 Å². The molecule has 0 unspecified atom stereocenters. The van der Waals surface area contributed by atoms with Crippen LogP contribution >= 0.6 is 12.4 Å². The normalized spacial score (nSPS) is 20.3. The first-order chi connectivity index (χ1) is 11.9. The van der Waals surface area contributed by atoms with Crippen molar-refractivity contribution in [2.75, 3.05) is 6.54 Å². The van der Waals surface area contributed by atoms with Crippen LogP contribution in [0.15, 0.2) is 30.3 Å². The van der Waals surface area contributed by atoms with Crippen molar-refractivity contribution in [3.63, 3.8) is 0 Å². The predicted molar refractivity (Wildman–Crippen MR) is 104 cm³/mol. The van der Waals surface area contributed by atoms with E-state index >= 15 is 0 Å². The number of hydrogen-bond donors (Lipinski definition) is 4. The van der Waals surface area contributed by atoms with E-state index in [0.717, 1.165) is 18.5 Å². The molecule has 26 heavy (non-hydrogen) atoms. The maximum atomic E-state index is 12.5. The molecule has 0 saturated carbocycles. The summed E-state index contributed by atoms with van der Waals surface area (Å²) in [6.45, 7) is 4.62. The molecule has 1 fully saturated rings. The summed E-state index contributed by atoms with van der Waals surface area (Å²) in [5.74, 6) is -1.14. The van der Waals surface area contributed by atoms with Gasteiger partial charge in [-0.15, -0.1) is 12.4 Å². The van der Waals surface area contributed by atoms with E-state index in [1.54, 1.807) is 0 Å². The molecule has 2 rings (SSSR count). The fourth-order valence-corrected chi connectivity index (χ4v) is 3.46. The number of hydrogen-bond acceptors (Lipinski definition) is 5. The van der Waals surface area contributed by atoms with Gasteiger partial charge in [-0.05, 0) is 30.9 Å². The Labute approximate surface area is 161 Å². The highest BCUT2D eigenvalue weighted by Gasteiger charge is 2.35. The molecular formula is C18H28BClN2O4. The van der Waals surface area contributed by atoms with E-state index in [2.05, 4.69) is 10.6 Å². The lowest BCUT2D eigenvalue weighted by molar-refractivity contribution is -0.131. The minimum absolute atomic E-state index is 0. The van der Waals surface area contributed by atoms with E-state index in [1.165, 1.54) is 0 Å². The number of imide groups is 1. The van der Waals surface area contributed by atoms with Gasteiger partial charge < -0.3 is 15.4 Å². The first-order valence-corrected chi connectivity index (χ1v) is 8.86. The van der Waals surface area contributed by atoms with Crippen LogP contribution in [0.2, 0.25) is 5.82 Å². The molecule has 3 atom stereocenters. The fraction of sp³-hybridized carbons (Fsp3) is 0.556. The summed E-state index contributed by atoms with van der Waals surface area (Å²) in [7, 11) is -1.56. The van der Waals surface area contributed by atoms with Crippen LogP contribution in [0.25, 0.3) is 0 Å². The second kappa shape index (κ2) is 10.7. The summed E-state index contributed by atoms with van der Waals surface area (Å²) in [4.78, 5) is 24.7. The number of halogens is 1. The number of carbonyl (C=O) groups is 2. The number of nitrogens with one attached hydrogen (secondary N) is 2. The molecule has 1 aromatic rings. The van der Waals surface area contributed by atoms with E-state index in [4.69, 9.17) is 0 Å². The van der Waals surface area contributed by atoms with Crippen LogP contribution in [0, 0.1) is 5.92 Å². The largest absolute Gasteiger partial charge is 0.455 e. The van der Waals surface area contributed by atoms with E-state index < -0.39 is 24.9 Å². The molecule has 1 aromatic carbocycles. The van der Waals surface area contributed by atoms with Gasteiger partial charge in [0.05, 0.1) is 6.04 Å². The van der Waals surface area contributed by atoms with Crippen LogP contribution < -0.4 is 10.6 Å². The molecule has 0 aliphatic carbocycles. The lowest BCUT2D eigenvalue weighted by Gasteiger charge is -2.21. The van der Waals surface area contributed by atoms with E-state index in [1.807, 2.05) is 44.2 Å². The Morgan fingerprint density at radius 3 is 2.50 bits per heavy atom. The quantitative estimate of drug-likeness (QED) is 0.535. The Kier molecular flexibility index (Phi) is 9.29. The van der Waals surface area contributed by atoms with Gasteiger partial charge in [0, 0.05) is 18.2 Å². The predicted octanol–water partition coefficient (Wildman–Crippen LogP) is 1.48. The average Bonchev–Trinajstić information content (AvgIpc) is 3.04. The van der Waals surface area contributed by atoms with Crippen molar-refractivity contribution >= 4 is 31.3 Å². The highest BCUT2D eigenvalue weighted by atomic mass is 35.5. The van der Waals surface area contributed by atoms with Gasteiger partial charge in [-0.3, -0.25) is 14.9 Å². The third kappa shape index (κ3) is 6.39. The molecule has 4 N–H and O–H groups in total. The van der Waals surface area contributed by atoms with Gasteiger partial charge in [0.1, 0.15) is 0 Å². The second-order valence-corrected chi connectivity index (χ2v) is 7.16. The Balaban J connectivity index is 0.00000338. The standard InChI is InChI=1S/C18H27BN2O4.ClH/c1-12(2)10-14(19(24)25)11-16(22)21-18(23)17-15(8-9-20-17)13-6-4-3-5-7-13;/h3-7,12,14-15,17,20,24-25H,8-11H2,1-2H3,(H,21,22,23);1H/t14-,15+,17+;/m1./s1. The van der Waals surface area contributed by atoms with Crippen LogP contribution in [0.4, 0.5) is 0 Å². The van der Waals surface area contributed by atoms with Gasteiger partial charge in [-0.1, -0.05) is 44.2 Å². The topological polar surface area (TPSA) is 98.7 Å². The van der Waals surface area contributed by atoms with E-state index in [-0.39, 0.29) is 36.6 Å². The highest BCUT2D eigenvalue weighted by Crippen LogP contribution is 2.28. The number of carbonyl (C=O) groups excluding carboxylic acids is 2. The molecule has 1 saturated heterocycles. The Morgan fingerprint density at radius 1 is 1.27 bits per heavy atom. The van der Waals surface area contributed by atoms with Crippen LogP contribution in [0.1, 0.15) is 44.6 Å². The highest BCUT2D eigenvalue weighted by molar-refractivity contribution is 6.43. The summed E-state index contributed by atoms with van der Waals surface area (Å²) in [5, 5.41) is 24.4. The van der Waals surface area contributed by atoms with Crippen LogP contribution in [-0.4, -0.2) is 41.6 Å². The minimum atomic E-state index is -1.56. The zero-order chi connectivity index (χ0) is 18.4. The van der Waals surface area contributed by atoms with Gasteiger partial charge in [0.15, 0.2) is 0 Å². The van der Waals surface area contributed by atoms with E-state index in [0.29, 0.717) is 6.42 Å². The van der Waals surface area contributed by atoms with Gasteiger partial charge >= 0.3 is 7.12 Å². The smallest absolute Gasteiger partial charge is 0.427 e. The summed E-state index contributed by atoms with van der Waals surface area (Å²) in [5.41, 5.74) is 1.07. The fourth-order valence-electron chi connectivity index (χ4n) is 3.46. The molecule has 2 amide bonds. The van der Waals surface area contributed by atoms with Crippen molar-refractivity contribution in [1.29, 1.82) is 0 Å². The maximum absolute atomic E-state index is 12.5. The molecule has 144 valence electrons. The van der Waals surface area contributed by atoms with Crippen molar-refractivity contribution in [3.8, 4) is 0 Å². The zero-order valence-electron chi connectivity index (χ0n) is 15.2. The monoisotopic (exact) mass is 382 g/mol. The van der Waals surface area contributed by atoms with Gasteiger partial charge in [0.2, 0.25) is 11.8 Å². The lowest BCUT2D eigenvalue weighted by atomic mass is 9.67. The molecule has 0 radical (unpaired) electrons. The summed E-state index contributed by atoms with van der Waals surface area (Å²) in [6.07, 6.45) is 1.26. The van der Waals surface area contributed by atoms with Gasteiger partial charge in [-0.2, -0.15) is 0 Å². The second-order valence-electron chi connectivity index (χ2n) is 7.16. The Hall–Kier alpha value is -1.41. The molecule has 8 heteroatoms. The number of benzene rings is 1. The maximum Gasteiger partial charge on any atom is 0.455 e. The summed E-state index contributed by atoms with van der Waals surface area (Å²) in [6, 6.07) is 9.33.